The van der Waals surface area contributed by atoms with E-state index in [2.05, 4.69) is 15.6 Å². The van der Waals surface area contributed by atoms with Crippen LogP contribution in [0.15, 0.2) is 23.0 Å². The number of rotatable bonds is 7. The first kappa shape index (κ1) is 22.6. The van der Waals surface area contributed by atoms with Crippen LogP contribution in [-0.2, 0) is 9.47 Å². The molecule has 4 rings (SSSR count). The molecule has 9 nitrogen and oxygen atoms in total. The predicted molar refractivity (Wildman–Crippen MR) is 124 cm³/mol. The molecule has 0 spiro atoms. The summed E-state index contributed by atoms with van der Waals surface area (Å²) in [7, 11) is 2.97. The summed E-state index contributed by atoms with van der Waals surface area (Å²) < 4.78 is 12.2. The van der Waals surface area contributed by atoms with Crippen molar-refractivity contribution in [3.63, 3.8) is 0 Å². The standard InChI is InChI=1S/C21H24N4O5S2/c1-29-15(30-2)10-22-18(26)11-7-8-13-14(9-11)25-17(24-19(13)27)16(32-21(25)31)20(28)23-12-5-3-4-6-12/h7-9,12,15H,3-6,10H2,1-2H3,(H,22,26)(H,23,28)(H,24,27). The van der Waals surface area contributed by atoms with Crippen LogP contribution in [0.2, 0.25) is 0 Å². The van der Waals surface area contributed by atoms with E-state index in [0.29, 0.717) is 30.9 Å². The number of carbonyl (C=O) groups excluding carboxylic acids is 2. The summed E-state index contributed by atoms with van der Waals surface area (Å²) in [5.41, 5.74) is 0.797. The highest BCUT2D eigenvalue weighted by Crippen LogP contribution is 2.25. The van der Waals surface area contributed by atoms with Gasteiger partial charge in [-0.05, 0) is 43.3 Å². The fourth-order valence-electron chi connectivity index (χ4n) is 3.95. The molecule has 2 amide bonds. The Kier molecular flexibility index (Phi) is 6.70. The number of fused-ring (bicyclic) bond motifs is 3. The van der Waals surface area contributed by atoms with Gasteiger partial charge in [-0.25, -0.2) is 0 Å². The fraction of sp³-hybridized carbons (Fsp3) is 0.429. The number of aromatic amines is 1. The maximum Gasteiger partial charge on any atom is 0.265 e. The van der Waals surface area contributed by atoms with Crippen molar-refractivity contribution < 1.29 is 19.1 Å². The first-order valence-corrected chi connectivity index (χ1v) is 11.5. The lowest BCUT2D eigenvalue weighted by Gasteiger charge is -2.14. The molecule has 11 heteroatoms. The third-order valence-electron chi connectivity index (χ3n) is 5.64. The molecule has 0 saturated heterocycles. The van der Waals surface area contributed by atoms with E-state index < -0.39 is 6.29 Å². The van der Waals surface area contributed by atoms with E-state index in [1.54, 1.807) is 22.6 Å². The quantitative estimate of drug-likeness (QED) is 0.357. The molecule has 170 valence electrons. The van der Waals surface area contributed by atoms with Crippen LogP contribution in [0.4, 0.5) is 0 Å². The molecule has 32 heavy (non-hydrogen) atoms. The van der Waals surface area contributed by atoms with E-state index in [4.69, 9.17) is 21.7 Å². The largest absolute Gasteiger partial charge is 0.354 e. The minimum atomic E-state index is -0.569. The number of benzene rings is 1. The highest BCUT2D eigenvalue weighted by molar-refractivity contribution is 7.73. The van der Waals surface area contributed by atoms with Crippen LogP contribution in [0.3, 0.4) is 0 Å². The molecule has 0 bridgehead atoms. The Morgan fingerprint density at radius 2 is 1.97 bits per heavy atom. The van der Waals surface area contributed by atoms with Crippen LogP contribution in [0, 0.1) is 3.95 Å². The Morgan fingerprint density at radius 3 is 2.66 bits per heavy atom. The number of nitrogens with one attached hydrogen (secondary N) is 3. The van der Waals surface area contributed by atoms with Gasteiger partial charge in [0.2, 0.25) is 0 Å². The van der Waals surface area contributed by atoms with Crippen LogP contribution in [0.25, 0.3) is 16.6 Å². The zero-order chi connectivity index (χ0) is 22.8. The van der Waals surface area contributed by atoms with Crippen molar-refractivity contribution in [1.82, 2.24) is 20.0 Å². The maximum atomic E-state index is 12.9. The van der Waals surface area contributed by atoms with Crippen molar-refractivity contribution in [2.45, 2.75) is 38.0 Å². The smallest absolute Gasteiger partial charge is 0.265 e. The molecule has 0 unspecified atom stereocenters. The number of amides is 2. The van der Waals surface area contributed by atoms with Crippen LogP contribution in [0.1, 0.15) is 45.7 Å². The monoisotopic (exact) mass is 476 g/mol. The summed E-state index contributed by atoms with van der Waals surface area (Å²) >= 11 is 6.66. The first-order chi connectivity index (χ1) is 15.4. The topological polar surface area (TPSA) is 114 Å². The normalized spacial score (nSPS) is 14.5. The molecule has 2 heterocycles. The van der Waals surface area contributed by atoms with Crippen LogP contribution in [-0.4, -0.2) is 54.3 Å². The van der Waals surface area contributed by atoms with Gasteiger partial charge < -0.3 is 25.1 Å². The number of hydrogen-bond donors (Lipinski definition) is 3. The third kappa shape index (κ3) is 4.33. The molecule has 3 aromatic rings. The first-order valence-electron chi connectivity index (χ1n) is 10.3. The van der Waals surface area contributed by atoms with Gasteiger partial charge in [-0.1, -0.05) is 24.2 Å². The van der Waals surface area contributed by atoms with Gasteiger partial charge >= 0.3 is 0 Å². The molecule has 0 aliphatic heterocycles. The minimum Gasteiger partial charge on any atom is -0.354 e. The van der Waals surface area contributed by atoms with Crippen molar-refractivity contribution in [1.29, 1.82) is 0 Å². The number of nitrogens with zero attached hydrogens (tertiary/aromatic N) is 1. The van der Waals surface area contributed by atoms with Gasteiger partial charge in [0.1, 0.15) is 10.5 Å². The summed E-state index contributed by atoms with van der Waals surface area (Å²) in [5, 5.41) is 6.15. The van der Waals surface area contributed by atoms with E-state index in [9.17, 15) is 14.4 Å². The summed E-state index contributed by atoms with van der Waals surface area (Å²) in [6, 6.07) is 4.88. The predicted octanol–water partition coefficient (Wildman–Crippen LogP) is 2.59. The molecular weight excluding hydrogens is 452 g/mol. The number of carbonyl (C=O) groups is 2. The van der Waals surface area contributed by atoms with E-state index in [0.717, 1.165) is 37.0 Å². The summed E-state index contributed by atoms with van der Waals surface area (Å²) in [6.07, 6.45) is 3.53. The molecule has 1 saturated carbocycles. The molecule has 0 atom stereocenters. The number of thiazole rings is 1. The van der Waals surface area contributed by atoms with Gasteiger partial charge in [0.05, 0.1) is 17.4 Å². The van der Waals surface area contributed by atoms with Crippen LogP contribution in [0.5, 0.6) is 0 Å². The van der Waals surface area contributed by atoms with Gasteiger partial charge in [0.25, 0.3) is 17.4 Å². The van der Waals surface area contributed by atoms with Crippen LogP contribution >= 0.6 is 23.6 Å². The number of aromatic nitrogens is 2. The molecule has 1 aromatic carbocycles. The second-order valence-corrected chi connectivity index (χ2v) is 9.28. The number of hydrogen-bond acceptors (Lipinski definition) is 7. The molecule has 3 N–H and O–H groups in total. The van der Waals surface area contributed by atoms with Crippen molar-refractivity contribution in [2.75, 3.05) is 20.8 Å². The van der Waals surface area contributed by atoms with Gasteiger partial charge in [0.15, 0.2) is 10.2 Å². The second-order valence-electron chi connectivity index (χ2n) is 7.63. The Hall–Kier alpha value is -2.60. The second kappa shape index (κ2) is 9.49. The lowest BCUT2D eigenvalue weighted by Crippen LogP contribution is -2.34. The third-order valence-corrected chi connectivity index (χ3v) is 7.01. The van der Waals surface area contributed by atoms with Gasteiger partial charge in [-0.3, -0.25) is 18.8 Å². The Labute approximate surface area is 192 Å². The zero-order valence-corrected chi connectivity index (χ0v) is 19.4. The average Bonchev–Trinajstić information content (AvgIpc) is 3.41. The number of methoxy groups -OCH3 is 2. The van der Waals surface area contributed by atoms with Crippen molar-refractivity contribution in [2.24, 2.45) is 0 Å². The summed E-state index contributed by atoms with van der Waals surface area (Å²) in [4.78, 5) is 41.4. The molecular formula is C21H24N4O5S2. The van der Waals surface area contributed by atoms with Crippen molar-refractivity contribution in [3.05, 3.63) is 42.9 Å². The van der Waals surface area contributed by atoms with Gasteiger partial charge in [0, 0.05) is 25.8 Å². The van der Waals surface area contributed by atoms with Gasteiger partial charge in [-0.15, -0.1) is 0 Å². The summed E-state index contributed by atoms with van der Waals surface area (Å²) in [6.45, 7) is 0.165. The van der Waals surface area contributed by atoms with E-state index in [1.165, 1.54) is 14.2 Å². The fourth-order valence-corrected chi connectivity index (χ4v) is 5.23. The molecule has 1 fully saturated rings. The van der Waals surface area contributed by atoms with Crippen molar-refractivity contribution in [3.8, 4) is 0 Å². The number of ether oxygens (including phenoxy) is 2. The van der Waals surface area contributed by atoms with Crippen molar-refractivity contribution >= 4 is 51.9 Å². The molecule has 1 aliphatic rings. The van der Waals surface area contributed by atoms with Crippen LogP contribution < -0.4 is 16.2 Å². The van der Waals surface area contributed by atoms with E-state index >= 15 is 0 Å². The van der Waals surface area contributed by atoms with E-state index in [-0.39, 0.29) is 30.0 Å². The SMILES string of the molecule is COC(CNC(=O)c1ccc2c(=O)[nH]c3c(C(=O)NC4CCCC4)sc(=S)n3c2c1)OC. The highest BCUT2D eigenvalue weighted by Gasteiger charge is 2.23. The van der Waals surface area contributed by atoms with E-state index in [1.807, 2.05) is 0 Å². The molecule has 2 aromatic heterocycles. The van der Waals surface area contributed by atoms with Gasteiger partial charge in [-0.2, -0.15) is 0 Å². The summed E-state index contributed by atoms with van der Waals surface area (Å²) in [5.74, 6) is -0.593. The lowest BCUT2D eigenvalue weighted by atomic mass is 10.1. The Balaban J connectivity index is 1.73. The Bertz CT molecular complexity index is 1290. The Morgan fingerprint density at radius 1 is 1.25 bits per heavy atom. The zero-order valence-electron chi connectivity index (χ0n) is 17.7. The maximum absolute atomic E-state index is 12.9. The lowest BCUT2D eigenvalue weighted by molar-refractivity contribution is -0.0974. The molecule has 1 aliphatic carbocycles. The average molecular weight is 477 g/mol. The minimum absolute atomic E-state index is 0.142. The highest BCUT2D eigenvalue weighted by atomic mass is 32.1. The molecule has 0 radical (unpaired) electrons. The number of H-pyrrole nitrogens is 1.